The van der Waals surface area contributed by atoms with Crippen molar-refractivity contribution in [3.05, 3.63) is 28.8 Å². The lowest BCUT2D eigenvalue weighted by atomic mass is 9.92. The van der Waals surface area contributed by atoms with E-state index in [4.69, 9.17) is 27.5 Å². The van der Waals surface area contributed by atoms with Gasteiger partial charge in [0, 0.05) is 11.4 Å². The maximum atomic E-state index is 12.6. The van der Waals surface area contributed by atoms with Crippen LogP contribution in [0.1, 0.15) is 5.56 Å². The van der Waals surface area contributed by atoms with Crippen LogP contribution in [0.25, 0.3) is 0 Å². The first-order chi connectivity index (χ1) is 7.77. The van der Waals surface area contributed by atoms with E-state index in [1.807, 2.05) is 0 Å². The zero-order valence-electron chi connectivity index (χ0n) is 8.53. The molecule has 0 amide bonds. The van der Waals surface area contributed by atoms with E-state index in [9.17, 15) is 13.6 Å². The average Bonchev–Trinajstić information content (AvgIpc) is 2.21. The summed E-state index contributed by atoms with van der Waals surface area (Å²) >= 11 is 5.69. The molecule has 0 fully saturated rings. The van der Waals surface area contributed by atoms with Gasteiger partial charge in [-0.25, -0.2) is 13.6 Å². The molecule has 1 atom stereocenters. The summed E-state index contributed by atoms with van der Waals surface area (Å²) in [4.78, 5) is 10.7. The topological polar surface area (TPSA) is 83.5 Å². The van der Waals surface area contributed by atoms with E-state index in [1.165, 1.54) is 12.1 Å². The van der Waals surface area contributed by atoms with Crippen molar-refractivity contribution in [1.82, 2.24) is 0 Å². The van der Waals surface area contributed by atoms with Crippen molar-refractivity contribution in [2.75, 3.05) is 0 Å². The number of hydrogen-bond acceptors (Lipinski definition) is 3. The van der Waals surface area contributed by atoms with Crippen LogP contribution >= 0.6 is 11.6 Å². The van der Waals surface area contributed by atoms with Gasteiger partial charge in [0.25, 0.3) is 6.43 Å². The Morgan fingerprint density at radius 1 is 1.53 bits per heavy atom. The normalized spacial score (nSPS) is 14.6. The van der Waals surface area contributed by atoms with Gasteiger partial charge in [-0.15, -0.1) is 0 Å². The predicted molar refractivity (Wildman–Crippen MR) is 57.4 cm³/mol. The number of alkyl halides is 2. The molecule has 0 radical (unpaired) electrons. The number of carbonyl (C=O) groups is 1. The second kappa shape index (κ2) is 4.85. The number of nitrogens with two attached hydrogens (primary N) is 1. The fourth-order valence-electron chi connectivity index (χ4n) is 1.24. The van der Waals surface area contributed by atoms with E-state index >= 15 is 0 Å². The van der Waals surface area contributed by atoms with Gasteiger partial charge >= 0.3 is 5.97 Å². The molecule has 0 aromatic heterocycles. The van der Waals surface area contributed by atoms with Crippen molar-refractivity contribution in [2.24, 2.45) is 5.73 Å². The van der Waals surface area contributed by atoms with E-state index < -0.39 is 24.4 Å². The highest BCUT2D eigenvalue weighted by molar-refractivity contribution is 6.31. The summed E-state index contributed by atoms with van der Waals surface area (Å²) in [6, 6.07) is 3.60. The Labute approximate surface area is 101 Å². The molecule has 0 aliphatic rings. The van der Waals surface area contributed by atoms with Gasteiger partial charge in [0.1, 0.15) is 5.75 Å². The molecule has 7 heteroatoms. The van der Waals surface area contributed by atoms with E-state index in [0.717, 1.165) is 6.07 Å². The van der Waals surface area contributed by atoms with Gasteiger partial charge in [-0.05, 0) is 17.7 Å². The quantitative estimate of drug-likeness (QED) is 0.773. The second-order valence-corrected chi connectivity index (χ2v) is 4.01. The maximum Gasteiger partial charge on any atom is 0.330 e. The van der Waals surface area contributed by atoms with E-state index in [-0.39, 0.29) is 16.3 Å². The zero-order chi connectivity index (χ0) is 13.2. The third-order valence-corrected chi connectivity index (χ3v) is 2.66. The Hall–Kier alpha value is -1.40. The van der Waals surface area contributed by atoms with Crippen LogP contribution < -0.4 is 5.73 Å². The molecule has 4 nitrogen and oxygen atoms in total. The van der Waals surface area contributed by atoms with Crippen molar-refractivity contribution < 1.29 is 23.8 Å². The Balaban J connectivity index is 3.07. The average molecular weight is 266 g/mol. The molecule has 1 unspecified atom stereocenters. The van der Waals surface area contributed by atoms with Crippen LogP contribution in [0.3, 0.4) is 0 Å². The molecule has 4 N–H and O–H groups in total. The van der Waals surface area contributed by atoms with Crippen LogP contribution in [-0.4, -0.2) is 28.1 Å². The molecule has 1 aromatic carbocycles. The maximum absolute atomic E-state index is 12.6. The molecule has 17 heavy (non-hydrogen) atoms. The summed E-state index contributed by atoms with van der Waals surface area (Å²) in [5, 5.41) is 17.8. The van der Waals surface area contributed by atoms with Crippen LogP contribution in [0.4, 0.5) is 8.78 Å². The van der Waals surface area contributed by atoms with Gasteiger partial charge in [0.05, 0.1) is 0 Å². The molecule has 0 spiro atoms. The summed E-state index contributed by atoms with van der Waals surface area (Å²) in [7, 11) is 0. The number of aromatic hydroxyl groups is 1. The number of hydrogen-bond donors (Lipinski definition) is 3. The Morgan fingerprint density at radius 2 is 2.12 bits per heavy atom. The van der Waals surface area contributed by atoms with Gasteiger partial charge < -0.3 is 15.9 Å². The smallest absolute Gasteiger partial charge is 0.330 e. The lowest BCUT2D eigenvalue weighted by Gasteiger charge is -2.24. The second-order valence-electron chi connectivity index (χ2n) is 3.60. The first kappa shape index (κ1) is 13.7. The Kier molecular flexibility index (Phi) is 3.90. The first-order valence-corrected chi connectivity index (χ1v) is 4.93. The van der Waals surface area contributed by atoms with Crippen molar-refractivity contribution in [3.8, 4) is 5.75 Å². The lowest BCUT2D eigenvalue weighted by molar-refractivity contribution is -0.149. The summed E-state index contributed by atoms with van der Waals surface area (Å²) in [5.74, 6) is -1.95. The fourth-order valence-corrected chi connectivity index (χ4v) is 1.48. The molecule has 0 saturated carbocycles. The van der Waals surface area contributed by atoms with Crippen molar-refractivity contribution >= 4 is 17.6 Å². The van der Waals surface area contributed by atoms with Gasteiger partial charge in [0.2, 0.25) is 0 Å². The van der Waals surface area contributed by atoms with Gasteiger partial charge in [-0.2, -0.15) is 0 Å². The van der Waals surface area contributed by atoms with Crippen molar-refractivity contribution in [2.45, 2.75) is 18.4 Å². The van der Waals surface area contributed by atoms with Gasteiger partial charge in [0.15, 0.2) is 5.54 Å². The molecule has 1 aromatic rings. The zero-order valence-corrected chi connectivity index (χ0v) is 9.29. The fraction of sp³-hybridized carbons (Fsp3) is 0.300. The molecular weight excluding hydrogens is 256 g/mol. The molecular formula is C10H10ClF2NO3. The number of halogens is 3. The van der Waals surface area contributed by atoms with E-state index in [0.29, 0.717) is 0 Å². The number of rotatable bonds is 4. The molecule has 0 aliphatic heterocycles. The summed E-state index contributed by atoms with van der Waals surface area (Å²) in [6.07, 6.45) is -3.86. The molecule has 0 saturated heterocycles. The molecule has 1 rings (SSSR count). The lowest BCUT2D eigenvalue weighted by Crippen LogP contribution is -2.56. The third kappa shape index (κ3) is 2.83. The monoisotopic (exact) mass is 265 g/mol. The minimum absolute atomic E-state index is 0.0123. The molecule has 0 aliphatic carbocycles. The first-order valence-electron chi connectivity index (χ1n) is 4.55. The molecule has 94 valence electrons. The molecule has 0 bridgehead atoms. The summed E-state index contributed by atoms with van der Waals surface area (Å²) < 4.78 is 25.3. The molecule has 0 heterocycles. The van der Waals surface area contributed by atoms with Crippen LogP contribution in [0.15, 0.2) is 18.2 Å². The SMILES string of the molecule is NC(Cc1ccc(O)cc1Cl)(C(=O)O)C(F)F. The number of phenols is 1. The third-order valence-electron chi connectivity index (χ3n) is 2.31. The van der Waals surface area contributed by atoms with Crippen LogP contribution in [0.2, 0.25) is 5.02 Å². The largest absolute Gasteiger partial charge is 0.508 e. The van der Waals surface area contributed by atoms with Gasteiger partial charge in [-0.1, -0.05) is 17.7 Å². The highest BCUT2D eigenvalue weighted by Crippen LogP contribution is 2.27. The predicted octanol–water partition coefficient (Wildman–Crippen LogP) is 1.64. The van der Waals surface area contributed by atoms with Crippen LogP contribution in [0, 0.1) is 0 Å². The standard InChI is InChI=1S/C10H10ClF2NO3/c11-7-3-6(15)2-1-5(7)4-10(14,8(12)13)9(16)17/h1-3,8,15H,4,14H2,(H,16,17). The summed E-state index contributed by atoms with van der Waals surface area (Å²) in [5.41, 5.74) is 2.59. The van der Waals surface area contributed by atoms with E-state index in [1.54, 1.807) is 0 Å². The van der Waals surface area contributed by atoms with Gasteiger partial charge in [-0.3, -0.25) is 0 Å². The number of carboxylic acid groups (broad SMARTS) is 1. The Bertz CT molecular complexity index is 442. The number of carboxylic acids is 1. The highest BCUT2D eigenvalue weighted by atomic mass is 35.5. The minimum Gasteiger partial charge on any atom is -0.508 e. The number of benzene rings is 1. The number of phenolic OH excluding ortho intramolecular Hbond substituents is 1. The van der Waals surface area contributed by atoms with Crippen LogP contribution in [-0.2, 0) is 11.2 Å². The highest BCUT2D eigenvalue weighted by Gasteiger charge is 2.44. The van der Waals surface area contributed by atoms with Crippen molar-refractivity contribution in [3.63, 3.8) is 0 Å². The van der Waals surface area contributed by atoms with Crippen LogP contribution in [0.5, 0.6) is 5.75 Å². The minimum atomic E-state index is -3.23. The van der Waals surface area contributed by atoms with Crippen molar-refractivity contribution in [1.29, 1.82) is 0 Å². The Morgan fingerprint density at radius 3 is 2.53 bits per heavy atom. The van der Waals surface area contributed by atoms with E-state index in [2.05, 4.69) is 0 Å². The number of aliphatic carboxylic acids is 1. The summed E-state index contributed by atoms with van der Waals surface area (Å²) in [6.45, 7) is 0.